The van der Waals surface area contributed by atoms with Gasteiger partial charge in [0.25, 0.3) is 0 Å². The molecule has 1 aromatic carbocycles. The predicted octanol–water partition coefficient (Wildman–Crippen LogP) is 3.82. The number of carbonyl (C=O) groups is 4. The Balaban J connectivity index is 1.35. The second-order valence-corrected chi connectivity index (χ2v) is 15.0. The standard InChI is InChI=1S/C36H43N6O12P/c1-3-29(43)51-32-27(53-36(20-37,33(32)52-30(44)4-2)28-17-16-26-34(38)39-21-40-42(26)28)19-48-55(47,54-24-10-6-5-7-11-24)41-25(35(46)50-23-14-9-15-23)18-31(45)49-22-12-8-13-22/h5-7,10-11,16-17,21-23,25,27,32-33H,3-4,8-9,12-15,18-19H2,1-2H3,(H,41,47)(H2,38,39,40)/t25-,27+,32+,33+,36-,55+/m0/s1. The van der Waals surface area contributed by atoms with Gasteiger partial charge in [0.05, 0.1) is 18.7 Å². The molecule has 0 amide bonds. The van der Waals surface area contributed by atoms with Crippen molar-refractivity contribution in [2.24, 2.45) is 0 Å². The van der Waals surface area contributed by atoms with Gasteiger partial charge in [-0.3, -0.25) is 23.7 Å². The Labute approximate surface area is 316 Å². The highest BCUT2D eigenvalue weighted by atomic mass is 31.2. The van der Waals surface area contributed by atoms with E-state index in [0.717, 1.165) is 19.2 Å². The van der Waals surface area contributed by atoms with E-state index < -0.39 is 74.6 Å². The molecule has 19 heteroatoms. The first kappa shape index (κ1) is 39.6. The number of ether oxygens (including phenoxy) is 5. The summed E-state index contributed by atoms with van der Waals surface area (Å²) in [5, 5.41) is 17.7. The highest BCUT2D eigenvalue weighted by Gasteiger charge is 2.63. The molecule has 0 spiro atoms. The number of nitrogens with one attached hydrogen (secondary N) is 1. The van der Waals surface area contributed by atoms with Gasteiger partial charge in [-0.05, 0) is 62.8 Å². The molecule has 1 saturated heterocycles. The van der Waals surface area contributed by atoms with E-state index in [1.807, 2.05) is 0 Å². The first-order valence-electron chi connectivity index (χ1n) is 18.2. The first-order valence-corrected chi connectivity index (χ1v) is 19.8. The summed E-state index contributed by atoms with van der Waals surface area (Å²) in [6.07, 6.45) is -0.387. The van der Waals surface area contributed by atoms with Crippen molar-refractivity contribution >= 4 is 43.0 Å². The van der Waals surface area contributed by atoms with Crippen LogP contribution in [0.1, 0.15) is 77.3 Å². The largest absolute Gasteiger partial charge is 0.462 e. The summed E-state index contributed by atoms with van der Waals surface area (Å²) in [7, 11) is -4.71. The number of carbonyl (C=O) groups excluding carboxylic acids is 4. The van der Waals surface area contributed by atoms with Gasteiger partial charge in [0.15, 0.2) is 18.0 Å². The van der Waals surface area contributed by atoms with E-state index in [0.29, 0.717) is 31.2 Å². The van der Waals surface area contributed by atoms with Gasteiger partial charge in [0, 0.05) is 12.8 Å². The highest BCUT2D eigenvalue weighted by molar-refractivity contribution is 7.52. The number of nitrogens with two attached hydrogens (primary N) is 1. The summed E-state index contributed by atoms with van der Waals surface area (Å²) < 4.78 is 56.9. The lowest BCUT2D eigenvalue weighted by molar-refractivity contribution is -0.169. The number of benzene rings is 1. The maximum absolute atomic E-state index is 14.8. The van der Waals surface area contributed by atoms with Crippen molar-refractivity contribution in [1.29, 1.82) is 5.26 Å². The summed E-state index contributed by atoms with van der Waals surface area (Å²) in [4.78, 5) is 56.2. The number of para-hydroxylation sites is 1. The quantitative estimate of drug-likeness (QED) is 0.112. The Morgan fingerprint density at radius 1 is 0.982 bits per heavy atom. The van der Waals surface area contributed by atoms with E-state index in [1.165, 1.54) is 35.7 Å². The van der Waals surface area contributed by atoms with E-state index in [2.05, 4.69) is 21.2 Å². The summed E-state index contributed by atoms with van der Waals surface area (Å²) in [6, 6.07) is 11.5. The van der Waals surface area contributed by atoms with Crippen LogP contribution in [-0.4, -0.2) is 81.6 Å². The van der Waals surface area contributed by atoms with Crippen molar-refractivity contribution in [2.45, 2.75) is 114 Å². The normalized spacial score (nSPS) is 24.0. The van der Waals surface area contributed by atoms with Crippen LogP contribution in [0, 0.1) is 11.3 Å². The van der Waals surface area contributed by atoms with E-state index in [4.69, 9.17) is 38.5 Å². The van der Waals surface area contributed by atoms with Crippen molar-refractivity contribution in [3.05, 3.63) is 54.5 Å². The molecular formula is C36H43N6O12P. The van der Waals surface area contributed by atoms with Gasteiger partial charge in [0.2, 0.25) is 5.60 Å². The summed E-state index contributed by atoms with van der Waals surface area (Å²) in [6.45, 7) is 2.36. The molecule has 2 saturated carbocycles. The number of hydrogen-bond acceptors (Lipinski definition) is 16. The van der Waals surface area contributed by atoms with E-state index >= 15 is 0 Å². The molecule has 294 valence electrons. The van der Waals surface area contributed by atoms with Gasteiger partial charge in [0.1, 0.15) is 48.0 Å². The molecule has 1 aliphatic heterocycles. The van der Waals surface area contributed by atoms with Crippen molar-refractivity contribution in [3.8, 4) is 11.8 Å². The van der Waals surface area contributed by atoms with Crippen molar-refractivity contribution in [1.82, 2.24) is 19.7 Å². The maximum Gasteiger partial charge on any atom is 0.459 e. The number of aromatic nitrogens is 3. The molecule has 3 heterocycles. The number of nitrogen functional groups attached to an aromatic ring is 1. The third-order valence-corrected chi connectivity index (χ3v) is 11.1. The minimum absolute atomic E-state index is 0.0543. The van der Waals surface area contributed by atoms with Gasteiger partial charge < -0.3 is 33.9 Å². The molecule has 0 bridgehead atoms. The maximum atomic E-state index is 14.8. The Morgan fingerprint density at radius 2 is 1.65 bits per heavy atom. The van der Waals surface area contributed by atoms with Gasteiger partial charge >= 0.3 is 31.6 Å². The van der Waals surface area contributed by atoms with Gasteiger partial charge in [-0.2, -0.15) is 15.4 Å². The van der Waals surface area contributed by atoms with Crippen molar-refractivity contribution in [2.75, 3.05) is 12.3 Å². The lowest BCUT2D eigenvalue weighted by atomic mass is 9.92. The molecule has 3 aromatic rings. The van der Waals surface area contributed by atoms with Crippen LogP contribution in [0.15, 0.2) is 48.8 Å². The SMILES string of the molecule is CCC(=O)O[C@H]1[C@@H](OC(=O)CC)[C@](C#N)(c2ccc3c(N)ncnn23)O[C@@H]1CO[P@](=O)(N[C@@H](CC(=O)OC1CCC1)C(=O)OC1CCC1)Oc1ccccc1. The summed E-state index contributed by atoms with van der Waals surface area (Å²) in [5.74, 6) is -2.91. The fourth-order valence-corrected chi connectivity index (χ4v) is 7.64. The van der Waals surface area contributed by atoms with Crippen LogP contribution >= 0.6 is 7.75 Å². The summed E-state index contributed by atoms with van der Waals surface area (Å²) >= 11 is 0. The fraction of sp³-hybridized carbons (Fsp3) is 0.528. The molecule has 55 heavy (non-hydrogen) atoms. The molecule has 2 aromatic heterocycles. The minimum Gasteiger partial charge on any atom is -0.462 e. The molecular weight excluding hydrogens is 739 g/mol. The average molecular weight is 783 g/mol. The summed E-state index contributed by atoms with van der Waals surface area (Å²) in [5.41, 5.74) is 4.23. The third kappa shape index (κ3) is 8.91. The number of fused-ring (bicyclic) bond motifs is 1. The lowest BCUT2D eigenvalue weighted by Crippen LogP contribution is -2.46. The molecule has 2 aliphatic carbocycles. The van der Waals surface area contributed by atoms with Crippen LogP contribution in [-0.2, 0) is 57.6 Å². The van der Waals surface area contributed by atoms with E-state index in [-0.39, 0.29) is 42.3 Å². The van der Waals surface area contributed by atoms with Crippen LogP contribution in [0.5, 0.6) is 5.75 Å². The highest BCUT2D eigenvalue weighted by Crippen LogP contribution is 2.49. The zero-order valence-electron chi connectivity index (χ0n) is 30.4. The lowest BCUT2D eigenvalue weighted by Gasteiger charge is -2.30. The van der Waals surface area contributed by atoms with E-state index in [9.17, 15) is 29.0 Å². The number of rotatable bonds is 17. The molecule has 18 nitrogen and oxygen atoms in total. The van der Waals surface area contributed by atoms with Gasteiger partial charge in [-0.1, -0.05) is 32.0 Å². The van der Waals surface area contributed by atoms with Crippen LogP contribution in [0.4, 0.5) is 5.82 Å². The van der Waals surface area contributed by atoms with Crippen LogP contribution in [0.2, 0.25) is 0 Å². The number of anilines is 1. The number of nitrogens with zero attached hydrogens (tertiary/aromatic N) is 4. The van der Waals surface area contributed by atoms with E-state index in [1.54, 1.807) is 25.1 Å². The van der Waals surface area contributed by atoms with Crippen LogP contribution < -0.4 is 15.3 Å². The van der Waals surface area contributed by atoms with Crippen molar-refractivity contribution < 1.29 is 56.5 Å². The average Bonchev–Trinajstić information content (AvgIpc) is 3.71. The van der Waals surface area contributed by atoms with Crippen LogP contribution in [0.25, 0.3) is 5.52 Å². The Bertz CT molecular complexity index is 1960. The molecule has 6 atom stereocenters. The molecule has 3 N–H and O–H groups in total. The smallest absolute Gasteiger partial charge is 0.459 e. The molecule has 0 radical (unpaired) electrons. The predicted molar refractivity (Wildman–Crippen MR) is 190 cm³/mol. The third-order valence-electron chi connectivity index (χ3n) is 9.57. The monoisotopic (exact) mass is 782 g/mol. The minimum atomic E-state index is -4.71. The Hall–Kier alpha value is -5.08. The number of nitriles is 1. The zero-order chi connectivity index (χ0) is 39.2. The topological polar surface area (TPSA) is 242 Å². The molecule has 3 fully saturated rings. The zero-order valence-corrected chi connectivity index (χ0v) is 31.3. The fourth-order valence-electron chi connectivity index (χ4n) is 6.14. The second-order valence-electron chi connectivity index (χ2n) is 13.4. The van der Waals surface area contributed by atoms with Crippen molar-refractivity contribution in [3.63, 3.8) is 0 Å². The number of hydrogen-bond donors (Lipinski definition) is 2. The Kier molecular flexibility index (Phi) is 12.4. The van der Waals surface area contributed by atoms with Gasteiger partial charge in [-0.15, -0.1) is 0 Å². The molecule has 3 aliphatic rings. The molecule has 6 rings (SSSR count). The van der Waals surface area contributed by atoms with Crippen LogP contribution in [0.3, 0.4) is 0 Å². The first-order chi connectivity index (χ1) is 26.5. The van der Waals surface area contributed by atoms with Gasteiger partial charge in [-0.25, -0.2) is 14.1 Å². The second kappa shape index (κ2) is 17.2. The molecule has 0 unspecified atom stereocenters. The number of esters is 4. The Morgan fingerprint density at radius 3 is 2.29 bits per heavy atom.